The van der Waals surface area contributed by atoms with Crippen LogP contribution in [0.4, 0.5) is 5.82 Å². The maximum absolute atomic E-state index is 4.70. The lowest BCUT2D eigenvalue weighted by molar-refractivity contribution is 0.925. The average Bonchev–Trinajstić information content (AvgIpc) is 3.17. The summed E-state index contributed by atoms with van der Waals surface area (Å²) in [6, 6.07) is 16.3. The van der Waals surface area contributed by atoms with Crippen molar-refractivity contribution in [1.29, 1.82) is 0 Å². The Labute approximate surface area is 159 Å². The van der Waals surface area contributed by atoms with Crippen LogP contribution in [0.2, 0.25) is 0 Å². The number of nitrogens with zero attached hydrogens (tertiary/aromatic N) is 4. The number of hydrogen-bond acceptors (Lipinski definition) is 4. The summed E-state index contributed by atoms with van der Waals surface area (Å²) in [7, 11) is 0. The first-order chi connectivity index (χ1) is 13.2. The van der Waals surface area contributed by atoms with E-state index in [1.807, 2.05) is 41.9 Å². The van der Waals surface area contributed by atoms with E-state index in [9.17, 15) is 0 Å². The highest BCUT2D eigenvalue weighted by atomic mass is 15.3. The van der Waals surface area contributed by atoms with Crippen LogP contribution in [0.5, 0.6) is 0 Å². The summed E-state index contributed by atoms with van der Waals surface area (Å²) < 4.78 is 1.81. The number of pyridine rings is 1. The topological polar surface area (TPSA) is 55.1 Å². The van der Waals surface area contributed by atoms with Crippen LogP contribution >= 0.6 is 0 Å². The molecule has 3 aromatic heterocycles. The summed E-state index contributed by atoms with van der Waals surface area (Å²) >= 11 is 0. The standard InChI is InChI=1S/C19H17N5.C3H6/c1-14-4-6-16(7-5-14)17-11-19(24-18(23-17)8-10-22-24)21-13-15-3-2-9-20-12-15;1-3-2/h2-12,21H,13H2,1H3;3H,1H2,2H3. The van der Waals surface area contributed by atoms with Crippen LogP contribution in [-0.2, 0) is 6.54 Å². The van der Waals surface area contributed by atoms with Crippen molar-refractivity contribution >= 4 is 11.5 Å². The molecular formula is C22H23N5. The Morgan fingerprint density at radius 1 is 1.11 bits per heavy atom. The largest absolute Gasteiger partial charge is 0.366 e. The second-order valence-electron chi connectivity index (χ2n) is 6.12. The Morgan fingerprint density at radius 2 is 1.89 bits per heavy atom. The van der Waals surface area contributed by atoms with Crippen LogP contribution < -0.4 is 5.32 Å². The fourth-order valence-electron chi connectivity index (χ4n) is 2.61. The smallest absolute Gasteiger partial charge is 0.157 e. The predicted octanol–water partition coefficient (Wildman–Crippen LogP) is 4.90. The number of hydrogen-bond donors (Lipinski definition) is 1. The number of anilines is 1. The zero-order valence-corrected chi connectivity index (χ0v) is 15.6. The Hall–Kier alpha value is -3.47. The summed E-state index contributed by atoms with van der Waals surface area (Å²) in [5.74, 6) is 0.907. The first-order valence-electron chi connectivity index (χ1n) is 8.83. The Balaban J connectivity index is 0.000000659. The molecule has 5 heteroatoms. The number of aromatic nitrogens is 4. The van der Waals surface area contributed by atoms with Crippen molar-refractivity contribution in [1.82, 2.24) is 19.6 Å². The first-order valence-corrected chi connectivity index (χ1v) is 8.83. The predicted molar refractivity (Wildman–Crippen MR) is 111 cm³/mol. The molecule has 0 amide bonds. The molecule has 0 fully saturated rings. The van der Waals surface area contributed by atoms with Gasteiger partial charge in [-0.25, -0.2) is 4.98 Å². The molecule has 3 heterocycles. The minimum absolute atomic E-state index is 0.681. The summed E-state index contributed by atoms with van der Waals surface area (Å²) in [6.45, 7) is 8.01. The summed E-state index contributed by atoms with van der Waals surface area (Å²) in [4.78, 5) is 8.85. The molecule has 0 saturated heterocycles. The second kappa shape index (κ2) is 8.76. The zero-order chi connectivity index (χ0) is 19.1. The number of aryl methyl sites for hydroxylation is 1. The van der Waals surface area contributed by atoms with Crippen LogP contribution in [0.3, 0.4) is 0 Å². The number of benzene rings is 1. The van der Waals surface area contributed by atoms with Crippen molar-refractivity contribution in [3.05, 3.63) is 90.9 Å². The molecule has 0 radical (unpaired) electrons. The lowest BCUT2D eigenvalue weighted by atomic mass is 10.1. The van der Waals surface area contributed by atoms with Gasteiger partial charge in [0.1, 0.15) is 5.82 Å². The van der Waals surface area contributed by atoms with Gasteiger partial charge in [-0.1, -0.05) is 42.0 Å². The third kappa shape index (κ3) is 4.58. The van der Waals surface area contributed by atoms with Crippen molar-refractivity contribution in [2.75, 3.05) is 5.32 Å². The molecule has 0 atom stereocenters. The first kappa shape index (κ1) is 18.3. The van der Waals surface area contributed by atoms with Gasteiger partial charge in [0.2, 0.25) is 0 Å². The highest BCUT2D eigenvalue weighted by molar-refractivity contribution is 5.66. The molecule has 0 spiro atoms. The van der Waals surface area contributed by atoms with Gasteiger partial charge in [0.05, 0.1) is 11.9 Å². The number of fused-ring (bicyclic) bond motifs is 1. The summed E-state index contributed by atoms with van der Waals surface area (Å²) in [5, 5.41) is 7.79. The molecule has 136 valence electrons. The highest BCUT2D eigenvalue weighted by Gasteiger charge is 2.08. The number of nitrogens with one attached hydrogen (secondary N) is 1. The molecule has 1 aromatic carbocycles. The molecule has 0 bridgehead atoms. The lowest BCUT2D eigenvalue weighted by Crippen LogP contribution is -2.06. The van der Waals surface area contributed by atoms with Crippen LogP contribution in [0.1, 0.15) is 18.1 Å². The maximum Gasteiger partial charge on any atom is 0.157 e. The van der Waals surface area contributed by atoms with Crippen LogP contribution in [0.15, 0.2) is 79.8 Å². The van der Waals surface area contributed by atoms with E-state index in [1.54, 1.807) is 18.5 Å². The zero-order valence-electron chi connectivity index (χ0n) is 15.6. The summed E-state index contributed by atoms with van der Waals surface area (Å²) in [6.07, 6.45) is 7.14. The maximum atomic E-state index is 4.70. The molecule has 0 aliphatic rings. The molecule has 4 rings (SSSR count). The van der Waals surface area contributed by atoms with Crippen LogP contribution in [0.25, 0.3) is 16.9 Å². The van der Waals surface area contributed by atoms with E-state index in [4.69, 9.17) is 4.98 Å². The lowest BCUT2D eigenvalue weighted by Gasteiger charge is -2.11. The quantitative estimate of drug-likeness (QED) is 0.528. The van der Waals surface area contributed by atoms with Gasteiger partial charge < -0.3 is 5.32 Å². The van der Waals surface area contributed by atoms with Crippen molar-refractivity contribution in [2.24, 2.45) is 0 Å². The Kier molecular flexibility index (Phi) is 5.94. The van der Waals surface area contributed by atoms with E-state index >= 15 is 0 Å². The van der Waals surface area contributed by atoms with Crippen molar-refractivity contribution in [2.45, 2.75) is 20.4 Å². The molecule has 5 nitrogen and oxygen atoms in total. The Bertz CT molecular complexity index is 1000. The van der Waals surface area contributed by atoms with Crippen LogP contribution in [0, 0.1) is 6.92 Å². The number of rotatable bonds is 4. The van der Waals surface area contributed by atoms with Gasteiger partial charge in [-0.05, 0) is 25.5 Å². The third-order valence-corrected chi connectivity index (χ3v) is 3.90. The van der Waals surface area contributed by atoms with Crippen molar-refractivity contribution < 1.29 is 0 Å². The van der Waals surface area contributed by atoms with E-state index < -0.39 is 0 Å². The minimum atomic E-state index is 0.681. The van der Waals surface area contributed by atoms with Gasteiger partial charge in [0.15, 0.2) is 5.65 Å². The van der Waals surface area contributed by atoms with Gasteiger partial charge in [-0.15, -0.1) is 6.58 Å². The molecule has 27 heavy (non-hydrogen) atoms. The van der Waals surface area contributed by atoms with Gasteiger partial charge in [-0.2, -0.15) is 9.61 Å². The second-order valence-corrected chi connectivity index (χ2v) is 6.12. The molecular weight excluding hydrogens is 334 g/mol. The molecule has 1 N–H and O–H groups in total. The van der Waals surface area contributed by atoms with E-state index in [-0.39, 0.29) is 0 Å². The fraction of sp³-hybridized carbons (Fsp3) is 0.136. The minimum Gasteiger partial charge on any atom is -0.366 e. The SMILES string of the molecule is C=CC.Cc1ccc(-c2cc(NCc3cccnc3)n3nccc3n2)cc1. The average molecular weight is 357 g/mol. The molecule has 4 aromatic rings. The fourth-order valence-corrected chi connectivity index (χ4v) is 2.61. The number of allylic oxidation sites excluding steroid dienone is 1. The normalized spacial score (nSPS) is 10.1. The molecule has 0 saturated carbocycles. The van der Waals surface area contributed by atoms with E-state index in [1.165, 1.54) is 5.56 Å². The van der Waals surface area contributed by atoms with E-state index in [2.05, 4.69) is 53.2 Å². The van der Waals surface area contributed by atoms with Gasteiger partial charge in [0, 0.05) is 36.6 Å². The van der Waals surface area contributed by atoms with Crippen molar-refractivity contribution in [3.63, 3.8) is 0 Å². The van der Waals surface area contributed by atoms with Crippen molar-refractivity contribution in [3.8, 4) is 11.3 Å². The molecule has 0 aliphatic heterocycles. The van der Waals surface area contributed by atoms with Crippen LogP contribution in [-0.4, -0.2) is 19.6 Å². The monoisotopic (exact) mass is 357 g/mol. The molecule has 0 unspecified atom stereocenters. The van der Waals surface area contributed by atoms with Gasteiger partial charge in [-0.3, -0.25) is 4.98 Å². The van der Waals surface area contributed by atoms with E-state index in [0.717, 1.165) is 28.3 Å². The van der Waals surface area contributed by atoms with Gasteiger partial charge in [0.25, 0.3) is 0 Å². The third-order valence-electron chi connectivity index (χ3n) is 3.90. The molecule has 0 aliphatic carbocycles. The summed E-state index contributed by atoms with van der Waals surface area (Å²) in [5.41, 5.74) is 5.19. The highest BCUT2D eigenvalue weighted by Crippen LogP contribution is 2.22. The van der Waals surface area contributed by atoms with Gasteiger partial charge >= 0.3 is 0 Å². The van der Waals surface area contributed by atoms with E-state index in [0.29, 0.717) is 6.54 Å². The Morgan fingerprint density at radius 3 is 2.59 bits per heavy atom.